The van der Waals surface area contributed by atoms with Gasteiger partial charge in [-0.15, -0.1) is 11.3 Å². The van der Waals surface area contributed by atoms with Gasteiger partial charge in [0, 0.05) is 37.5 Å². The Morgan fingerprint density at radius 1 is 1.12 bits per heavy atom. The van der Waals surface area contributed by atoms with Crippen LogP contribution in [0, 0.1) is 6.92 Å². The third kappa shape index (κ3) is 4.41. The first-order valence-corrected chi connectivity index (χ1v) is 12.8. The first-order chi connectivity index (χ1) is 16.7. The summed E-state index contributed by atoms with van der Waals surface area (Å²) in [5.41, 5.74) is 5.45. The van der Waals surface area contributed by atoms with E-state index in [9.17, 15) is 0 Å². The molecular formula is C26H28N6OS. The molecule has 0 amide bonds. The van der Waals surface area contributed by atoms with Gasteiger partial charge in [0.1, 0.15) is 22.3 Å². The van der Waals surface area contributed by atoms with Crippen LogP contribution in [0.2, 0.25) is 0 Å². The highest BCUT2D eigenvalue weighted by atomic mass is 32.1. The molecule has 174 valence electrons. The van der Waals surface area contributed by atoms with Gasteiger partial charge >= 0.3 is 0 Å². The quantitative estimate of drug-likeness (QED) is 0.408. The molecule has 0 bridgehead atoms. The van der Waals surface area contributed by atoms with Crippen LogP contribution in [-0.4, -0.2) is 51.1 Å². The van der Waals surface area contributed by atoms with Crippen molar-refractivity contribution in [1.29, 1.82) is 0 Å². The van der Waals surface area contributed by atoms with Crippen molar-refractivity contribution in [2.24, 2.45) is 0 Å². The number of likely N-dealkylation sites (tertiary alicyclic amines) is 1. The maximum absolute atomic E-state index is 5.67. The Morgan fingerprint density at radius 2 is 2.03 bits per heavy atom. The minimum atomic E-state index is 0.442. The van der Waals surface area contributed by atoms with Crippen molar-refractivity contribution in [3.05, 3.63) is 59.5 Å². The topological polar surface area (TPSA) is 76.1 Å². The zero-order chi connectivity index (χ0) is 22.9. The molecule has 0 spiro atoms. The summed E-state index contributed by atoms with van der Waals surface area (Å²) in [7, 11) is 0. The Bertz CT molecular complexity index is 1310. The van der Waals surface area contributed by atoms with Crippen LogP contribution < -0.4 is 5.32 Å². The van der Waals surface area contributed by atoms with E-state index in [4.69, 9.17) is 14.7 Å². The molecule has 4 aromatic heterocycles. The van der Waals surface area contributed by atoms with E-state index in [1.165, 1.54) is 18.4 Å². The number of ether oxygens (including phenoxy) is 1. The van der Waals surface area contributed by atoms with E-state index < -0.39 is 0 Å². The molecule has 2 fully saturated rings. The SMILES string of the molecule is Cc1cccnc1-c1nc2cc(Nc3ccc(C4CCOC4)c(CN4CCCC4)n3)ncc2s1. The maximum atomic E-state index is 5.67. The highest BCUT2D eigenvalue weighted by Gasteiger charge is 2.23. The van der Waals surface area contributed by atoms with E-state index in [0.29, 0.717) is 5.92 Å². The fraction of sp³-hybridized carbons (Fsp3) is 0.385. The molecule has 6 heterocycles. The zero-order valence-electron chi connectivity index (χ0n) is 19.3. The number of aromatic nitrogens is 4. The first-order valence-electron chi connectivity index (χ1n) is 12.0. The second kappa shape index (κ2) is 9.37. The molecule has 34 heavy (non-hydrogen) atoms. The summed E-state index contributed by atoms with van der Waals surface area (Å²) in [6, 6.07) is 10.3. The molecule has 2 saturated heterocycles. The lowest BCUT2D eigenvalue weighted by atomic mass is 9.96. The van der Waals surface area contributed by atoms with E-state index in [1.807, 2.05) is 24.5 Å². The lowest BCUT2D eigenvalue weighted by molar-refractivity contribution is 0.193. The average molecular weight is 473 g/mol. The van der Waals surface area contributed by atoms with Crippen LogP contribution in [0.3, 0.4) is 0 Å². The normalized spacial score (nSPS) is 18.7. The van der Waals surface area contributed by atoms with Crippen LogP contribution in [0.25, 0.3) is 20.9 Å². The summed E-state index contributed by atoms with van der Waals surface area (Å²) < 4.78 is 6.71. The van der Waals surface area contributed by atoms with Gasteiger partial charge in [-0.25, -0.2) is 15.0 Å². The minimum absolute atomic E-state index is 0.442. The molecule has 0 aliphatic carbocycles. The smallest absolute Gasteiger partial charge is 0.143 e. The molecule has 1 unspecified atom stereocenters. The highest BCUT2D eigenvalue weighted by molar-refractivity contribution is 7.21. The lowest BCUT2D eigenvalue weighted by Crippen LogP contribution is -2.21. The van der Waals surface area contributed by atoms with Crippen LogP contribution >= 0.6 is 11.3 Å². The summed E-state index contributed by atoms with van der Waals surface area (Å²) in [6.07, 6.45) is 7.31. The molecule has 0 radical (unpaired) electrons. The maximum Gasteiger partial charge on any atom is 0.143 e. The van der Waals surface area contributed by atoms with Gasteiger partial charge in [-0.2, -0.15) is 0 Å². The van der Waals surface area contributed by atoms with E-state index in [1.54, 1.807) is 11.3 Å². The van der Waals surface area contributed by atoms with E-state index >= 15 is 0 Å². The summed E-state index contributed by atoms with van der Waals surface area (Å²) in [5, 5.41) is 4.33. The number of fused-ring (bicyclic) bond motifs is 1. The Labute approximate surface area is 203 Å². The number of hydrogen-bond donors (Lipinski definition) is 1. The summed E-state index contributed by atoms with van der Waals surface area (Å²) >= 11 is 1.62. The summed E-state index contributed by atoms with van der Waals surface area (Å²) in [6.45, 7) is 6.90. The monoisotopic (exact) mass is 472 g/mol. The number of hydrogen-bond acceptors (Lipinski definition) is 8. The molecule has 1 atom stereocenters. The molecule has 0 aromatic carbocycles. The van der Waals surface area contributed by atoms with Crippen molar-refractivity contribution in [1.82, 2.24) is 24.8 Å². The third-order valence-corrected chi connectivity index (χ3v) is 7.71. The second-order valence-electron chi connectivity index (χ2n) is 9.13. The van der Waals surface area contributed by atoms with E-state index in [0.717, 1.165) is 83.1 Å². The van der Waals surface area contributed by atoms with Gasteiger partial charge in [0.05, 0.1) is 22.5 Å². The predicted octanol–water partition coefficient (Wildman–Crippen LogP) is 5.30. The number of nitrogens with one attached hydrogen (secondary N) is 1. The first kappa shape index (κ1) is 21.6. The molecule has 2 aliphatic heterocycles. The van der Waals surface area contributed by atoms with Gasteiger partial charge in [0.2, 0.25) is 0 Å². The van der Waals surface area contributed by atoms with Crippen molar-refractivity contribution in [3.8, 4) is 10.7 Å². The minimum Gasteiger partial charge on any atom is -0.381 e. The second-order valence-corrected chi connectivity index (χ2v) is 10.2. The van der Waals surface area contributed by atoms with Crippen LogP contribution in [0.5, 0.6) is 0 Å². The molecule has 7 nitrogen and oxygen atoms in total. The van der Waals surface area contributed by atoms with Crippen LogP contribution in [0.1, 0.15) is 42.0 Å². The Hall–Kier alpha value is -2.94. The van der Waals surface area contributed by atoms with Gasteiger partial charge in [-0.1, -0.05) is 12.1 Å². The number of pyridine rings is 3. The predicted molar refractivity (Wildman–Crippen MR) is 136 cm³/mol. The molecular weight excluding hydrogens is 444 g/mol. The molecule has 1 N–H and O–H groups in total. The molecule has 6 rings (SSSR count). The number of rotatable bonds is 6. The Morgan fingerprint density at radius 3 is 2.85 bits per heavy atom. The lowest BCUT2D eigenvalue weighted by Gasteiger charge is -2.20. The summed E-state index contributed by atoms with van der Waals surface area (Å²) in [5.74, 6) is 2.01. The van der Waals surface area contributed by atoms with Crippen molar-refractivity contribution in [2.75, 3.05) is 31.6 Å². The molecule has 2 aliphatic rings. The van der Waals surface area contributed by atoms with Crippen LogP contribution in [0.15, 0.2) is 42.7 Å². The van der Waals surface area contributed by atoms with Crippen molar-refractivity contribution < 1.29 is 4.74 Å². The van der Waals surface area contributed by atoms with E-state index in [2.05, 4.69) is 45.3 Å². The van der Waals surface area contributed by atoms with Gasteiger partial charge in [-0.05, 0) is 62.5 Å². The van der Waals surface area contributed by atoms with Gasteiger partial charge in [0.25, 0.3) is 0 Å². The van der Waals surface area contributed by atoms with Crippen molar-refractivity contribution in [3.63, 3.8) is 0 Å². The average Bonchev–Trinajstić information content (AvgIpc) is 3.62. The van der Waals surface area contributed by atoms with Gasteiger partial charge < -0.3 is 10.1 Å². The number of nitrogens with zero attached hydrogens (tertiary/aromatic N) is 5. The number of anilines is 2. The van der Waals surface area contributed by atoms with Crippen LogP contribution in [-0.2, 0) is 11.3 Å². The van der Waals surface area contributed by atoms with Crippen molar-refractivity contribution >= 4 is 33.2 Å². The van der Waals surface area contributed by atoms with Gasteiger partial charge in [0.15, 0.2) is 0 Å². The largest absolute Gasteiger partial charge is 0.381 e. The van der Waals surface area contributed by atoms with Gasteiger partial charge in [-0.3, -0.25) is 9.88 Å². The zero-order valence-corrected chi connectivity index (χ0v) is 20.1. The molecule has 0 saturated carbocycles. The molecule has 4 aromatic rings. The Kier molecular flexibility index (Phi) is 5.95. The van der Waals surface area contributed by atoms with E-state index in [-0.39, 0.29) is 0 Å². The molecule has 8 heteroatoms. The summed E-state index contributed by atoms with van der Waals surface area (Å²) in [4.78, 5) is 21.5. The number of thiazole rings is 1. The van der Waals surface area contributed by atoms with Crippen molar-refractivity contribution in [2.45, 2.75) is 38.6 Å². The number of aryl methyl sites for hydroxylation is 1. The highest BCUT2D eigenvalue weighted by Crippen LogP contribution is 2.33. The Balaban J connectivity index is 1.27. The fourth-order valence-electron chi connectivity index (χ4n) is 4.86. The fourth-order valence-corrected chi connectivity index (χ4v) is 5.83. The third-order valence-electron chi connectivity index (χ3n) is 6.69. The standard InChI is InChI=1S/C26H28N6OS/c1-17-5-4-9-27-25(17)26-30-20-13-24(28-14-22(20)34-26)31-23-7-6-19(18-8-12-33-16-18)21(29-23)15-32-10-2-3-11-32/h4-7,9,13-14,18H,2-3,8,10-12,15-16H2,1H3,(H,28,29,31). The van der Waals surface area contributed by atoms with Crippen LogP contribution in [0.4, 0.5) is 11.6 Å².